The van der Waals surface area contributed by atoms with Gasteiger partial charge in [-0.15, -0.1) is 0 Å². The molecule has 1 N–H and O–H groups in total. The number of ether oxygens (including phenoxy) is 1. The minimum atomic E-state index is -0.166. The van der Waals surface area contributed by atoms with Crippen molar-refractivity contribution in [3.63, 3.8) is 0 Å². The molecule has 23 heavy (non-hydrogen) atoms. The van der Waals surface area contributed by atoms with Crippen LogP contribution in [0.1, 0.15) is 79.6 Å². The molecule has 6 unspecified atom stereocenters. The summed E-state index contributed by atoms with van der Waals surface area (Å²) in [4.78, 5) is 0. The van der Waals surface area contributed by atoms with E-state index in [1.165, 1.54) is 32.1 Å². The topological polar surface area (TPSA) is 29.5 Å². The van der Waals surface area contributed by atoms with Gasteiger partial charge in [-0.05, 0) is 62.7 Å². The Labute approximate surface area is 143 Å². The predicted octanol–water partition coefficient (Wildman–Crippen LogP) is 5.35. The highest BCUT2D eigenvalue weighted by Crippen LogP contribution is 2.44. The van der Waals surface area contributed by atoms with Crippen molar-refractivity contribution in [3.8, 4) is 0 Å². The van der Waals surface area contributed by atoms with Crippen LogP contribution in [0.5, 0.6) is 0 Å². The third-order valence-corrected chi connectivity index (χ3v) is 6.82. The van der Waals surface area contributed by atoms with Gasteiger partial charge in [-0.3, -0.25) is 0 Å². The summed E-state index contributed by atoms with van der Waals surface area (Å²) in [6, 6.07) is 0. The zero-order valence-electron chi connectivity index (χ0n) is 16.0. The average Bonchev–Trinajstić information content (AvgIpc) is 2.51. The monoisotopic (exact) mass is 322 g/mol. The molecule has 1 heterocycles. The molecule has 0 saturated carbocycles. The lowest BCUT2D eigenvalue weighted by atomic mass is 9.66. The van der Waals surface area contributed by atoms with Crippen LogP contribution in [0.4, 0.5) is 0 Å². The summed E-state index contributed by atoms with van der Waals surface area (Å²) in [5.41, 5.74) is 2.06. The SMILES string of the molecule is CC1=CC(C)C(C)(CCC(C)CCC2OCCC(O)C2C)CC1. The third kappa shape index (κ3) is 5.06. The van der Waals surface area contributed by atoms with E-state index in [4.69, 9.17) is 4.74 Å². The van der Waals surface area contributed by atoms with Gasteiger partial charge in [-0.1, -0.05) is 45.8 Å². The molecule has 0 bridgehead atoms. The molecule has 1 saturated heterocycles. The van der Waals surface area contributed by atoms with E-state index < -0.39 is 0 Å². The maximum Gasteiger partial charge on any atom is 0.0625 e. The van der Waals surface area contributed by atoms with Crippen LogP contribution in [0.3, 0.4) is 0 Å². The number of hydrogen-bond donors (Lipinski definition) is 1. The fourth-order valence-electron chi connectivity index (χ4n) is 4.29. The van der Waals surface area contributed by atoms with Gasteiger partial charge < -0.3 is 9.84 Å². The number of allylic oxidation sites excluding steroid dienone is 2. The fourth-order valence-corrected chi connectivity index (χ4v) is 4.29. The molecule has 1 aliphatic heterocycles. The van der Waals surface area contributed by atoms with E-state index in [-0.39, 0.29) is 12.2 Å². The van der Waals surface area contributed by atoms with Crippen LogP contribution in [-0.4, -0.2) is 23.9 Å². The Morgan fingerprint density at radius 2 is 2.09 bits per heavy atom. The Balaban J connectivity index is 1.74. The van der Waals surface area contributed by atoms with Crippen LogP contribution < -0.4 is 0 Å². The van der Waals surface area contributed by atoms with Gasteiger partial charge in [0.2, 0.25) is 0 Å². The highest BCUT2D eigenvalue weighted by molar-refractivity contribution is 5.09. The van der Waals surface area contributed by atoms with Crippen LogP contribution in [-0.2, 0) is 4.74 Å². The van der Waals surface area contributed by atoms with Crippen LogP contribution in [0.2, 0.25) is 0 Å². The third-order valence-electron chi connectivity index (χ3n) is 6.82. The molecule has 2 heteroatoms. The molecule has 0 aromatic rings. The van der Waals surface area contributed by atoms with Crippen LogP contribution in [0.15, 0.2) is 11.6 Å². The molecule has 134 valence electrons. The van der Waals surface area contributed by atoms with E-state index in [0.29, 0.717) is 17.3 Å². The van der Waals surface area contributed by atoms with Crippen molar-refractivity contribution >= 4 is 0 Å². The van der Waals surface area contributed by atoms with Crippen molar-refractivity contribution in [1.29, 1.82) is 0 Å². The maximum atomic E-state index is 9.99. The Kier molecular flexibility index (Phi) is 6.74. The quantitative estimate of drug-likeness (QED) is 0.668. The molecule has 1 aliphatic carbocycles. The van der Waals surface area contributed by atoms with Crippen molar-refractivity contribution < 1.29 is 9.84 Å². The first-order valence-electron chi connectivity index (χ1n) is 9.79. The number of hydrogen-bond acceptors (Lipinski definition) is 2. The van der Waals surface area contributed by atoms with Crippen molar-refractivity contribution in [2.24, 2.45) is 23.2 Å². The zero-order chi connectivity index (χ0) is 17.0. The Bertz CT molecular complexity index is 403. The van der Waals surface area contributed by atoms with Gasteiger partial charge in [0.1, 0.15) is 0 Å². The van der Waals surface area contributed by atoms with Crippen LogP contribution in [0, 0.1) is 23.2 Å². The standard InChI is InChI=1S/C21H38O2/c1-15(6-7-20-18(4)19(22)10-13-23-20)8-11-21(5)12-9-16(2)14-17(21)3/h14-15,17-20,22H,6-13H2,1-5H3. The molecule has 2 aliphatic rings. The van der Waals surface area contributed by atoms with E-state index in [9.17, 15) is 5.11 Å². The second kappa shape index (κ2) is 8.16. The molecule has 0 aromatic carbocycles. The molecule has 1 fully saturated rings. The number of aliphatic hydroxyl groups excluding tert-OH is 1. The van der Waals surface area contributed by atoms with E-state index in [2.05, 4.69) is 40.7 Å². The number of aliphatic hydroxyl groups is 1. The van der Waals surface area contributed by atoms with E-state index in [0.717, 1.165) is 25.4 Å². The molecule has 6 atom stereocenters. The lowest BCUT2D eigenvalue weighted by molar-refractivity contribution is -0.0897. The van der Waals surface area contributed by atoms with E-state index >= 15 is 0 Å². The summed E-state index contributed by atoms with van der Waals surface area (Å²) in [5.74, 6) is 1.75. The molecular weight excluding hydrogens is 284 g/mol. The van der Waals surface area contributed by atoms with Crippen molar-refractivity contribution in [1.82, 2.24) is 0 Å². The summed E-state index contributed by atoms with van der Waals surface area (Å²) >= 11 is 0. The van der Waals surface area contributed by atoms with Gasteiger partial charge in [-0.2, -0.15) is 0 Å². The average molecular weight is 323 g/mol. The Hall–Kier alpha value is -0.340. The largest absolute Gasteiger partial charge is 0.393 e. The normalized spacial score (nSPS) is 39.8. The van der Waals surface area contributed by atoms with Crippen molar-refractivity contribution in [2.45, 2.75) is 91.8 Å². The Morgan fingerprint density at radius 1 is 1.35 bits per heavy atom. The molecule has 0 amide bonds. The van der Waals surface area contributed by atoms with Crippen molar-refractivity contribution in [3.05, 3.63) is 11.6 Å². The lowest BCUT2D eigenvalue weighted by Crippen LogP contribution is -2.38. The highest BCUT2D eigenvalue weighted by Gasteiger charge is 2.33. The van der Waals surface area contributed by atoms with Gasteiger partial charge >= 0.3 is 0 Å². The summed E-state index contributed by atoms with van der Waals surface area (Å²) < 4.78 is 5.89. The van der Waals surface area contributed by atoms with Crippen molar-refractivity contribution in [2.75, 3.05) is 6.61 Å². The van der Waals surface area contributed by atoms with E-state index in [1.54, 1.807) is 5.57 Å². The minimum absolute atomic E-state index is 0.166. The summed E-state index contributed by atoms with van der Waals surface area (Å²) in [6.45, 7) is 12.4. The first kappa shape index (κ1) is 19.0. The molecule has 0 radical (unpaired) electrons. The number of rotatable bonds is 6. The van der Waals surface area contributed by atoms with Gasteiger partial charge in [0.15, 0.2) is 0 Å². The second-order valence-electron chi connectivity index (χ2n) is 8.80. The second-order valence-corrected chi connectivity index (χ2v) is 8.80. The molecule has 0 spiro atoms. The molecule has 2 nitrogen and oxygen atoms in total. The summed E-state index contributed by atoms with van der Waals surface area (Å²) in [7, 11) is 0. The van der Waals surface area contributed by atoms with Crippen LogP contribution >= 0.6 is 0 Å². The van der Waals surface area contributed by atoms with Gasteiger partial charge in [0.25, 0.3) is 0 Å². The first-order chi connectivity index (χ1) is 10.8. The lowest BCUT2D eigenvalue weighted by Gasteiger charge is -2.39. The molecular formula is C21H38O2. The zero-order valence-corrected chi connectivity index (χ0v) is 16.0. The predicted molar refractivity (Wildman–Crippen MR) is 97.4 cm³/mol. The maximum absolute atomic E-state index is 9.99. The summed E-state index contributed by atoms with van der Waals surface area (Å²) in [6.07, 6.45) is 11.0. The highest BCUT2D eigenvalue weighted by atomic mass is 16.5. The van der Waals surface area contributed by atoms with E-state index in [1.807, 2.05) is 0 Å². The molecule has 2 rings (SSSR count). The summed E-state index contributed by atoms with van der Waals surface area (Å²) in [5, 5.41) is 9.99. The Morgan fingerprint density at radius 3 is 2.78 bits per heavy atom. The fraction of sp³-hybridized carbons (Fsp3) is 0.905. The molecule has 0 aromatic heterocycles. The smallest absolute Gasteiger partial charge is 0.0625 e. The first-order valence-corrected chi connectivity index (χ1v) is 9.79. The minimum Gasteiger partial charge on any atom is -0.393 e. The van der Waals surface area contributed by atoms with Crippen LogP contribution in [0.25, 0.3) is 0 Å². The van der Waals surface area contributed by atoms with Gasteiger partial charge in [0.05, 0.1) is 12.2 Å². The van der Waals surface area contributed by atoms with Gasteiger partial charge in [-0.25, -0.2) is 0 Å². The van der Waals surface area contributed by atoms with Gasteiger partial charge in [0, 0.05) is 12.5 Å².